The second kappa shape index (κ2) is 11.1. The Hall–Kier alpha value is -2.09. The molecule has 2 unspecified atom stereocenters. The Labute approximate surface area is 229 Å². The lowest BCUT2D eigenvalue weighted by molar-refractivity contribution is -0.134. The van der Waals surface area contributed by atoms with E-state index in [1.807, 2.05) is 16.3 Å². The van der Waals surface area contributed by atoms with Crippen molar-refractivity contribution in [3.63, 3.8) is 0 Å². The van der Waals surface area contributed by atoms with Gasteiger partial charge < -0.3 is 14.5 Å². The van der Waals surface area contributed by atoms with Gasteiger partial charge in [-0.3, -0.25) is 9.59 Å². The molecule has 0 saturated carbocycles. The topological polar surface area (TPSA) is 49.9 Å². The number of amides is 2. The van der Waals surface area contributed by atoms with E-state index in [9.17, 15) is 9.59 Å². The minimum absolute atomic E-state index is 0.0531. The largest absolute Gasteiger partial charge is 0.376 e. The normalized spacial score (nSPS) is 19.2. The van der Waals surface area contributed by atoms with Crippen LogP contribution in [0.15, 0.2) is 53.9 Å². The van der Waals surface area contributed by atoms with Crippen LogP contribution in [0.25, 0.3) is 0 Å². The van der Waals surface area contributed by atoms with Crippen LogP contribution in [-0.2, 0) is 16.0 Å². The minimum atomic E-state index is -0.340. The van der Waals surface area contributed by atoms with Gasteiger partial charge in [0.1, 0.15) is 6.54 Å². The SMILES string of the molecule is O=C(c1ccc(Cl)cc1)N(CC(=O)N1CCc2sccc2C1c1ccc(Cl)cc1Cl)CC1CCCO1. The lowest BCUT2D eigenvalue weighted by Crippen LogP contribution is -2.48. The molecule has 2 atom stereocenters. The summed E-state index contributed by atoms with van der Waals surface area (Å²) in [7, 11) is 0. The molecule has 2 aliphatic rings. The molecule has 3 heterocycles. The van der Waals surface area contributed by atoms with E-state index in [0.29, 0.717) is 40.3 Å². The number of fused-ring (bicyclic) bond motifs is 1. The molecule has 1 aromatic heterocycles. The van der Waals surface area contributed by atoms with Gasteiger partial charge in [-0.2, -0.15) is 0 Å². The molecule has 3 aromatic rings. The molecule has 0 aliphatic carbocycles. The fraction of sp³-hybridized carbons (Fsp3) is 0.333. The molecule has 2 aromatic carbocycles. The van der Waals surface area contributed by atoms with E-state index in [1.54, 1.807) is 52.6 Å². The quantitative estimate of drug-likeness (QED) is 0.344. The van der Waals surface area contributed by atoms with Crippen molar-refractivity contribution >= 4 is 58.0 Å². The number of carbonyl (C=O) groups is 2. The summed E-state index contributed by atoms with van der Waals surface area (Å²) in [5.74, 6) is -0.354. The Morgan fingerprint density at radius 2 is 1.81 bits per heavy atom. The Bertz CT molecular complexity index is 1260. The first kappa shape index (κ1) is 25.6. The molecule has 0 bridgehead atoms. The monoisotopic (exact) mass is 562 g/mol. The van der Waals surface area contributed by atoms with Crippen molar-refractivity contribution in [3.8, 4) is 0 Å². The molecule has 0 radical (unpaired) electrons. The molecule has 0 spiro atoms. The van der Waals surface area contributed by atoms with Gasteiger partial charge in [0, 0.05) is 45.2 Å². The van der Waals surface area contributed by atoms with Crippen LogP contribution in [0.3, 0.4) is 0 Å². The predicted molar refractivity (Wildman–Crippen MR) is 144 cm³/mol. The van der Waals surface area contributed by atoms with Crippen LogP contribution >= 0.6 is 46.1 Å². The highest BCUT2D eigenvalue weighted by Gasteiger charge is 2.36. The maximum Gasteiger partial charge on any atom is 0.254 e. The third-order valence-corrected chi connectivity index (χ3v) is 8.51. The zero-order valence-electron chi connectivity index (χ0n) is 19.5. The zero-order valence-corrected chi connectivity index (χ0v) is 22.5. The van der Waals surface area contributed by atoms with Gasteiger partial charge in [-0.05, 0) is 78.2 Å². The van der Waals surface area contributed by atoms with Crippen molar-refractivity contribution in [1.29, 1.82) is 0 Å². The van der Waals surface area contributed by atoms with Gasteiger partial charge in [0.15, 0.2) is 0 Å². The van der Waals surface area contributed by atoms with Gasteiger partial charge in [-0.15, -0.1) is 11.3 Å². The Kier molecular flexibility index (Phi) is 7.89. The molecular weight excluding hydrogens is 539 g/mol. The highest BCUT2D eigenvalue weighted by molar-refractivity contribution is 7.10. The van der Waals surface area contributed by atoms with Crippen molar-refractivity contribution < 1.29 is 14.3 Å². The third kappa shape index (κ3) is 5.43. The summed E-state index contributed by atoms with van der Waals surface area (Å²) in [4.78, 5) is 32.0. The highest BCUT2D eigenvalue weighted by atomic mass is 35.5. The molecule has 188 valence electrons. The van der Waals surface area contributed by atoms with E-state index in [4.69, 9.17) is 39.5 Å². The maximum absolute atomic E-state index is 13.9. The Morgan fingerprint density at radius 3 is 2.53 bits per heavy atom. The first-order valence-corrected chi connectivity index (χ1v) is 13.9. The average Bonchev–Trinajstić information content (AvgIpc) is 3.55. The Morgan fingerprint density at radius 1 is 1.03 bits per heavy atom. The van der Waals surface area contributed by atoms with E-state index in [0.717, 1.165) is 30.4 Å². The molecule has 1 fully saturated rings. The second-order valence-electron chi connectivity index (χ2n) is 9.03. The number of halogens is 3. The minimum Gasteiger partial charge on any atom is -0.376 e. The van der Waals surface area contributed by atoms with Gasteiger partial charge >= 0.3 is 0 Å². The first-order valence-electron chi connectivity index (χ1n) is 11.9. The number of thiophene rings is 1. The van der Waals surface area contributed by atoms with Crippen molar-refractivity contribution in [1.82, 2.24) is 9.80 Å². The van der Waals surface area contributed by atoms with Crippen LogP contribution < -0.4 is 0 Å². The fourth-order valence-electron chi connectivity index (χ4n) is 4.93. The highest BCUT2D eigenvalue weighted by Crippen LogP contribution is 2.41. The average molecular weight is 564 g/mol. The second-order valence-corrected chi connectivity index (χ2v) is 11.3. The number of rotatable bonds is 6. The molecule has 9 heteroatoms. The standard InChI is InChI=1S/C27H25Cl3N2O3S/c28-18-5-3-17(4-6-18)27(34)31(15-20-2-1-12-35-20)16-25(33)32-11-9-24-22(10-13-36-24)26(32)21-8-7-19(29)14-23(21)30/h3-8,10,13-14,20,26H,1-2,9,11-12,15-16H2. The summed E-state index contributed by atoms with van der Waals surface area (Å²) in [5.41, 5.74) is 2.38. The van der Waals surface area contributed by atoms with Crippen LogP contribution in [0.5, 0.6) is 0 Å². The van der Waals surface area contributed by atoms with Crippen LogP contribution in [0.1, 0.15) is 45.2 Å². The number of nitrogens with zero attached hydrogens (tertiary/aromatic N) is 2. The van der Waals surface area contributed by atoms with Crippen LogP contribution in [0.4, 0.5) is 0 Å². The van der Waals surface area contributed by atoms with Gasteiger partial charge in [0.25, 0.3) is 5.91 Å². The molecule has 36 heavy (non-hydrogen) atoms. The summed E-state index contributed by atoms with van der Waals surface area (Å²) in [5, 5.41) is 3.65. The number of benzene rings is 2. The molecule has 5 rings (SSSR count). The number of hydrogen-bond donors (Lipinski definition) is 0. The van der Waals surface area contributed by atoms with Crippen molar-refractivity contribution in [2.45, 2.75) is 31.4 Å². The third-order valence-electron chi connectivity index (χ3n) is 6.70. The van der Waals surface area contributed by atoms with E-state index >= 15 is 0 Å². The lowest BCUT2D eigenvalue weighted by Gasteiger charge is -2.38. The van der Waals surface area contributed by atoms with Crippen LogP contribution in [0, 0.1) is 0 Å². The number of hydrogen-bond acceptors (Lipinski definition) is 4. The lowest BCUT2D eigenvalue weighted by atomic mass is 9.93. The molecule has 5 nitrogen and oxygen atoms in total. The predicted octanol–water partition coefficient (Wildman–Crippen LogP) is 6.50. The van der Waals surface area contributed by atoms with Gasteiger partial charge in [-0.1, -0.05) is 40.9 Å². The van der Waals surface area contributed by atoms with Crippen LogP contribution in [-0.4, -0.2) is 54.0 Å². The van der Waals surface area contributed by atoms with Gasteiger partial charge in [0.2, 0.25) is 5.91 Å². The van der Waals surface area contributed by atoms with E-state index in [2.05, 4.69) is 6.07 Å². The summed E-state index contributed by atoms with van der Waals surface area (Å²) in [6.45, 7) is 1.52. The molecule has 0 N–H and O–H groups in total. The van der Waals surface area contributed by atoms with E-state index in [-0.39, 0.29) is 30.5 Å². The number of carbonyl (C=O) groups excluding carboxylic acids is 2. The molecular formula is C27H25Cl3N2O3S. The van der Waals surface area contributed by atoms with Crippen molar-refractivity contribution in [2.24, 2.45) is 0 Å². The van der Waals surface area contributed by atoms with Crippen molar-refractivity contribution in [3.05, 3.63) is 90.5 Å². The maximum atomic E-state index is 13.9. The Balaban J connectivity index is 1.44. The molecule has 2 amide bonds. The van der Waals surface area contributed by atoms with E-state index in [1.165, 1.54) is 4.88 Å². The van der Waals surface area contributed by atoms with Crippen molar-refractivity contribution in [2.75, 3.05) is 26.2 Å². The molecule has 2 aliphatic heterocycles. The summed E-state index contributed by atoms with van der Waals surface area (Å²) >= 11 is 20.5. The first-order chi connectivity index (χ1) is 17.4. The van der Waals surface area contributed by atoms with Gasteiger partial charge in [0.05, 0.1) is 12.1 Å². The van der Waals surface area contributed by atoms with E-state index < -0.39 is 0 Å². The summed E-state index contributed by atoms with van der Waals surface area (Å²) < 4.78 is 5.80. The van der Waals surface area contributed by atoms with Gasteiger partial charge in [-0.25, -0.2) is 0 Å². The van der Waals surface area contributed by atoms with Crippen LogP contribution in [0.2, 0.25) is 15.1 Å². The fourth-order valence-corrected chi connectivity index (χ4v) is 6.47. The smallest absolute Gasteiger partial charge is 0.254 e. The number of ether oxygens (including phenoxy) is 1. The summed E-state index contributed by atoms with van der Waals surface area (Å²) in [6.07, 6.45) is 2.49. The summed E-state index contributed by atoms with van der Waals surface area (Å²) in [6, 6.07) is 13.8. The molecule has 1 saturated heterocycles. The zero-order chi connectivity index (χ0) is 25.2.